The van der Waals surface area contributed by atoms with Gasteiger partial charge in [-0.05, 0) is 156 Å². The molecule has 0 aliphatic rings. The Morgan fingerprint density at radius 1 is 0.173 bits per heavy atom. The fourth-order valence-corrected chi connectivity index (χ4v) is 15.3. The van der Waals surface area contributed by atoms with Crippen LogP contribution in [-0.4, -0.2) is 34.5 Å². The van der Waals surface area contributed by atoms with Crippen LogP contribution in [0.5, 0.6) is 0 Å². The summed E-state index contributed by atoms with van der Waals surface area (Å²) in [5, 5.41) is 12.2. The molecular weight excluding hydrogens is 1210 g/mol. The Hall–Kier alpha value is -12.9. The van der Waals surface area contributed by atoms with Crippen molar-refractivity contribution in [2.45, 2.75) is 0 Å². The molecule has 15 aromatic carbocycles. The van der Waals surface area contributed by atoms with Gasteiger partial charge in [-0.15, -0.1) is 11.3 Å². The van der Waals surface area contributed by atoms with E-state index in [4.69, 9.17) is 29.9 Å². The topological polar surface area (TPSA) is 82.3 Å². The van der Waals surface area contributed by atoms with E-state index in [0.29, 0.717) is 34.9 Å². The molecule has 0 aliphatic heterocycles. The lowest BCUT2D eigenvalue weighted by Crippen LogP contribution is -2.00. The maximum atomic E-state index is 5.07. The molecule has 4 aromatic heterocycles. The van der Waals surface area contributed by atoms with E-state index in [-0.39, 0.29) is 0 Å². The number of nitrogens with zero attached hydrogens (tertiary/aromatic N) is 7. The molecule has 8 heteroatoms. The summed E-state index contributed by atoms with van der Waals surface area (Å²) in [4.78, 5) is 29.9. The molecule has 98 heavy (non-hydrogen) atoms. The molecule has 0 N–H and O–H groups in total. The number of hydrogen-bond acceptors (Lipinski definition) is 7. The van der Waals surface area contributed by atoms with Crippen LogP contribution >= 0.6 is 11.3 Å². The van der Waals surface area contributed by atoms with Crippen LogP contribution in [-0.2, 0) is 0 Å². The Morgan fingerprint density at radius 2 is 0.469 bits per heavy atom. The Bertz CT molecular complexity index is 6210. The van der Waals surface area contributed by atoms with Crippen LogP contribution in [0.2, 0.25) is 0 Å². The van der Waals surface area contributed by atoms with E-state index >= 15 is 0 Å². The smallest absolute Gasteiger partial charge is 0.164 e. The summed E-state index contributed by atoms with van der Waals surface area (Å²) in [6, 6.07) is 119. The zero-order valence-corrected chi connectivity index (χ0v) is 53.6. The molecule has 0 spiro atoms. The molecule has 7 nitrogen and oxygen atoms in total. The van der Waals surface area contributed by atoms with Crippen molar-refractivity contribution in [2.75, 3.05) is 0 Å². The SMILES string of the molecule is c1ccc(-c2nc(-c3ccccc3)nc(-c3ccc(-c4cccc(-c5ccc6c7cc(-c8ccc(-n9c%10ccccc%10c%10cc(-c%11ccc%12sc%13ccc(-c%14nc(-c%15ccccc%15)nc(-c%15ccccc%15)n%14)cc%13c%12c%11)ccc%109)cc8)ccc7c7ccccc7c6c5)c4)cc3)n2)cc1. The Morgan fingerprint density at radius 3 is 0.990 bits per heavy atom. The van der Waals surface area contributed by atoms with Gasteiger partial charge in [0, 0.05) is 70.0 Å². The molecule has 0 atom stereocenters. The van der Waals surface area contributed by atoms with Crippen molar-refractivity contribution in [2.24, 2.45) is 0 Å². The van der Waals surface area contributed by atoms with Gasteiger partial charge in [-0.3, -0.25) is 0 Å². The second-order valence-corrected chi connectivity index (χ2v) is 26.0. The molecule has 19 aromatic rings. The fraction of sp³-hybridized carbons (Fsp3) is 0. The number of fused-ring (bicyclic) bond motifs is 12. The largest absolute Gasteiger partial charge is 0.309 e. The molecule has 0 radical (unpaired) electrons. The molecule has 4 heterocycles. The lowest BCUT2D eigenvalue weighted by molar-refractivity contribution is 1.07. The van der Waals surface area contributed by atoms with Gasteiger partial charge in [0.05, 0.1) is 11.0 Å². The van der Waals surface area contributed by atoms with Crippen molar-refractivity contribution in [3.05, 3.63) is 334 Å². The van der Waals surface area contributed by atoms with Gasteiger partial charge in [0.2, 0.25) is 0 Å². The molecule has 19 rings (SSSR count). The van der Waals surface area contributed by atoms with Crippen LogP contribution < -0.4 is 0 Å². The number of aromatic nitrogens is 7. The van der Waals surface area contributed by atoms with Gasteiger partial charge in [-0.25, -0.2) is 29.9 Å². The summed E-state index contributed by atoms with van der Waals surface area (Å²) < 4.78 is 4.87. The van der Waals surface area contributed by atoms with Crippen LogP contribution in [0.3, 0.4) is 0 Å². The molecular formula is C90H55N7S. The minimum absolute atomic E-state index is 0.634. The third-order valence-electron chi connectivity index (χ3n) is 19.1. The number of para-hydroxylation sites is 1. The predicted molar refractivity (Wildman–Crippen MR) is 407 cm³/mol. The third-order valence-corrected chi connectivity index (χ3v) is 20.3. The third kappa shape index (κ3) is 10.1. The van der Waals surface area contributed by atoms with Crippen LogP contribution in [0, 0.1) is 0 Å². The van der Waals surface area contributed by atoms with Crippen LogP contribution in [0.1, 0.15) is 0 Å². The highest BCUT2D eigenvalue weighted by Gasteiger charge is 2.20. The fourth-order valence-electron chi connectivity index (χ4n) is 14.2. The van der Waals surface area contributed by atoms with Gasteiger partial charge in [0.1, 0.15) is 0 Å². The van der Waals surface area contributed by atoms with Gasteiger partial charge in [0.25, 0.3) is 0 Å². The summed E-state index contributed by atoms with van der Waals surface area (Å²) >= 11 is 1.81. The molecule has 0 aliphatic carbocycles. The zero-order valence-electron chi connectivity index (χ0n) is 52.8. The van der Waals surface area contributed by atoms with Crippen LogP contribution in [0.25, 0.3) is 193 Å². The maximum absolute atomic E-state index is 5.07. The van der Waals surface area contributed by atoms with Gasteiger partial charge >= 0.3 is 0 Å². The second-order valence-electron chi connectivity index (χ2n) is 25.0. The summed E-state index contributed by atoms with van der Waals surface area (Å²) in [6.07, 6.45) is 0. The Kier molecular flexibility index (Phi) is 13.6. The number of rotatable bonds is 11. The standard InChI is InChI=1S/C90H55N7S/c1-5-18-58(19-6-1)85-91-86(59-20-7-2-8-21-59)94-89(93-85)62-34-32-56(33-35-62)63-26-17-27-64(50-63)66-39-46-74-76(52-66)72-29-14-13-28-71(72)73-45-38-65(51-77(73)74)57-36-43-70(44-37-57)97-81-31-16-15-30-75(81)78-53-67(40-47-82(78)97)68-41-48-83-79(54-68)80-55-69(42-49-84(80)98-83)90-95-87(60-22-9-3-10-23-60)92-88(96-90)61-24-11-4-12-25-61/h1-55H. The quantitative estimate of drug-likeness (QED) is 0.120. The van der Waals surface area contributed by atoms with E-state index in [1.54, 1.807) is 0 Å². The highest BCUT2D eigenvalue weighted by Crippen LogP contribution is 2.43. The van der Waals surface area contributed by atoms with E-state index in [9.17, 15) is 0 Å². The molecule has 0 amide bonds. The van der Waals surface area contributed by atoms with E-state index in [1.165, 1.54) is 85.5 Å². The minimum Gasteiger partial charge on any atom is -0.309 e. The molecule has 0 bridgehead atoms. The van der Waals surface area contributed by atoms with Gasteiger partial charge in [0.15, 0.2) is 34.9 Å². The monoisotopic (exact) mass is 1270 g/mol. The highest BCUT2D eigenvalue weighted by atomic mass is 32.1. The minimum atomic E-state index is 0.634. The number of hydrogen-bond donors (Lipinski definition) is 0. The first-order chi connectivity index (χ1) is 48.5. The second kappa shape index (κ2) is 23.5. The highest BCUT2D eigenvalue weighted by molar-refractivity contribution is 7.25. The van der Waals surface area contributed by atoms with Crippen molar-refractivity contribution in [3.63, 3.8) is 0 Å². The Labute approximate surface area is 568 Å². The van der Waals surface area contributed by atoms with E-state index in [1.807, 2.05) is 133 Å². The zero-order chi connectivity index (χ0) is 64.6. The molecule has 0 unspecified atom stereocenters. The molecule has 0 saturated heterocycles. The van der Waals surface area contributed by atoms with Crippen molar-refractivity contribution < 1.29 is 0 Å². The van der Waals surface area contributed by atoms with Crippen molar-refractivity contribution in [1.29, 1.82) is 0 Å². The molecule has 0 fully saturated rings. The molecule has 456 valence electrons. The van der Waals surface area contributed by atoms with Crippen molar-refractivity contribution >= 4 is 85.6 Å². The first-order valence-electron chi connectivity index (χ1n) is 33.0. The van der Waals surface area contributed by atoms with E-state index < -0.39 is 0 Å². The average molecular weight is 1270 g/mol. The van der Waals surface area contributed by atoms with Gasteiger partial charge in [-0.2, -0.15) is 0 Å². The van der Waals surface area contributed by atoms with Gasteiger partial charge in [-0.1, -0.05) is 255 Å². The lowest BCUT2D eigenvalue weighted by Gasteiger charge is -2.14. The summed E-state index contributed by atoms with van der Waals surface area (Å²) in [7, 11) is 0. The van der Waals surface area contributed by atoms with Gasteiger partial charge < -0.3 is 4.57 Å². The van der Waals surface area contributed by atoms with Crippen molar-refractivity contribution in [3.8, 4) is 119 Å². The van der Waals surface area contributed by atoms with Crippen LogP contribution in [0.4, 0.5) is 0 Å². The number of benzene rings is 15. The van der Waals surface area contributed by atoms with E-state index in [0.717, 1.165) is 72.4 Å². The lowest BCUT2D eigenvalue weighted by atomic mass is 9.90. The first kappa shape index (κ1) is 56.6. The predicted octanol–water partition coefficient (Wildman–Crippen LogP) is 23.7. The summed E-state index contributed by atoms with van der Waals surface area (Å²) in [5.74, 6) is 3.87. The normalized spacial score (nSPS) is 11.7. The molecule has 0 saturated carbocycles. The Balaban J connectivity index is 0.626. The van der Waals surface area contributed by atoms with Crippen molar-refractivity contribution in [1.82, 2.24) is 34.5 Å². The summed E-state index contributed by atoms with van der Waals surface area (Å²) in [5.41, 5.74) is 18.3. The first-order valence-corrected chi connectivity index (χ1v) is 33.8. The maximum Gasteiger partial charge on any atom is 0.164 e. The number of thiophene rings is 1. The average Bonchev–Trinajstić information content (AvgIpc) is 1.40. The van der Waals surface area contributed by atoms with Crippen LogP contribution in [0.15, 0.2) is 334 Å². The van der Waals surface area contributed by atoms with E-state index in [2.05, 4.69) is 217 Å². The summed E-state index contributed by atoms with van der Waals surface area (Å²) in [6.45, 7) is 0.